The summed E-state index contributed by atoms with van der Waals surface area (Å²) in [6.45, 7) is 0. The molecule has 0 aromatic heterocycles. The molecule has 7 nitrogen and oxygen atoms in total. The third-order valence-corrected chi connectivity index (χ3v) is 4.40. The molecule has 0 aliphatic rings. The monoisotopic (exact) mass is 404 g/mol. The van der Waals surface area contributed by atoms with Gasteiger partial charge in [0.05, 0.1) is 24.8 Å². The topological polar surface area (TPSA) is 90.7 Å². The summed E-state index contributed by atoms with van der Waals surface area (Å²) in [5.41, 5.74) is 1.97. The van der Waals surface area contributed by atoms with Crippen LogP contribution < -0.4 is 14.8 Å². The van der Waals surface area contributed by atoms with Crippen LogP contribution in [0.15, 0.2) is 72.8 Å². The molecule has 0 aliphatic heterocycles. The first kappa shape index (κ1) is 20.6. The second kappa shape index (κ2) is 9.38. The van der Waals surface area contributed by atoms with E-state index in [4.69, 9.17) is 9.47 Å². The van der Waals surface area contributed by atoms with Crippen LogP contribution in [-0.4, -0.2) is 25.1 Å². The summed E-state index contributed by atoms with van der Waals surface area (Å²) >= 11 is 0. The number of benzene rings is 3. The van der Waals surface area contributed by atoms with E-state index in [1.165, 1.54) is 25.3 Å². The number of nitro groups is 1. The number of methoxy groups -OCH3 is 2. The van der Waals surface area contributed by atoms with Crippen molar-refractivity contribution < 1.29 is 19.2 Å². The fraction of sp³-hybridized carbons (Fsp3) is 0.0870. The molecular weight excluding hydrogens is 384 g/mol. The molecular formula is C23H20N2O5. The number of rotatable bonds is 7. The molecule has 0 bridgehead atoms. The lowest BCUT2D eigenvalue weighted by Crippen LogP contribution is -2.14. The smallest absolute Gasteiger partial charge is 0.271 e. The molecule has 3 aromatic carbocycles. The number of hydrogen-bond acceptors (Lipinski definition) is 5. The van der Waals surface area contributed by atoms with Crippen molar-refractivity contribution >= 4 is 28.9 Å². The van der Waals surface area contributed by atoms with Crippen molar-refractivity contribution in [3.63, 3.8) is 0 Å². The van der Waals surface area contributed by atoms with Gasteiger partial charge < -0.3 is 14.8 Å². The SMILES string of the molecule is COc1ccc(/C=C(/C(=O)Nc2cc([N+](=O)[O-])ccc2OC)c2ccccc2)cc1. The van der Waals surface area contributed by atoms with E-state index in [-0.39, 0.29) is 11.4 Å². The number of carbonyl (C=O) groups excluding carboxylic acids is 1. The minimum Gasteiger partial charge on any atom is -0.497 e. The Morgan fingerprint density at radius 2 is 1.67 bits per heavy atom. The van der Waals surface area contributed by atoms with Gasteiger partial charge in [-0.3, -0.25) is 14.9 Å². The fourth-order valence-electron chi connectivity index (χ4n) is 2.86. The van der Waals surface area contributed by atoms with Crippen LogP contribution in [0.5, 0.6) is 11.5 Å². The quantitative estimate of drug-likeness (QED) is 0.265. The van der Waals surface area contributed by atoms with Gasteiger partial charge in [0.25, 0.3) is 11.6 Å². The van der Waals surface area contributed by atoms with Crippen LogP contribution in [0.3, 0.4) is 0 Å². The first-order valence-electron chi connectivity index (χ1n) is 9.07. The molecule has 1 amide bonds. The molecule has 0 saturated heterocycles. The van der Waals surface area contributed by atoms with E-state index in [9.17, 15) is 14.9 Å². The zero-order chi connectivity index (χ0) is 21.5. The van der Waals surface area contributed by atoms with E-state index >= 15 is 0 Å². The average molecular weight is 404 g/mol. The number of nitrogens with zero attached hydrogens (tertiary/aromatic N) is 1. The molecule has 3 rings (SSSR count). The largest absolute Gasteiger partial charge is 0.497 e. The molecule has 0 unspecified atom stereocenters. The third-order valence-electron chi connectivity index (χ3n) is 4.40. The average Bonchev–Trinajstić information content (AvgIpc) is 2.78. The predicted octanol–water partition coefficient (Wildman–Crippen LogP) is 4.79. The van der Waals surface area contributed by atoms with E-state index in [0.29, 0.717) is 22.6 Å². The van der Waals surface area contributed by atoms with Gasteiger partial charge in [0.2, 0.25) is 0 Å². The predicted molar refractivity (Wildman–Crippen MR) is 116 cm³/mol. The molecule has 0 aliphatic carbocycles. The Morgan fingerprint density at radius 3 is 2.27 bits per heavy atom. The number of anilines is 1. The molecule has 3 aromatic rings. The van der Waals surface area contributed by atoms with Crippen LogP contribution in [-0.2, 0) is 4.79 Å². The molecule has 30 heavy (non-hydrogen) atoms. The second-order valence-electron chi connectivity index (χ2n) is 6.29. The van der Waals surface area contributed by atoms with Gasteiger partial charge in [0, 0.05) is 17.7 Å². The lowest BCUT2D eigenvalue weighted by molar-refractivity contribution is -0.384. The van der Waals surface area contributed by atoms with Crippen molar-refractivity contribution in [1.29, 1.82) is 0 Å². The summed E-state index contributed by atoms with van der Waals surface area (Å²) in [4.78, 5) is 23.8. The summed E-state index contributed by atoms with van der Waals surface area (Å²) in [5.74, 6) is 0.612. The van der Waals surface area contributed by atoms with Crippen molar-refractivity contribution in [2.45, 2.75) is 0 Å². The van der Waals surface area contributed by atoms with E-state index in [0.717, 1.165) is 5.56 Å². The van der Waals surface area contributed by atoms with E-state index < -0.39 is 10.8 Å². The Hall–Kier alpha value is -4.13. The van der Waals surface area contributed by atoms with Gasteiger partial charge in [-0.1, -0.05) is 42.5 Å². The van der Waals surface area contributed by atoms with E-state index in [2.05, 4.69) is 5.32 Å². The number of non-ortho nitro benzene ring substituents is 1. The van der Waals surface area contributed by atoms with Crippen molar-refractivity contribution in [2.75, 3.05) is 19.5 Å². The standard InChI is InChI=1S/C23H20N2O5/c1-29-19-11-8-16(9-12-19)14-20(17-6-4-3-5-7-17)23(26)24-21-15-18(25(27)28)10-13-22(21)30-2/h3-15H,1-2H3,(H,24,26)/b20-14+. The molecule has 0 radical (unpaired) electrons. The molecule has 0 atom stereocenters. The van der Waals surface area contributed by atoms with Crippen molar-refractivity contribution in [1.82, 2.24) is 0 Å². The Morgan fingerprint density at radius 1 is 0.967 bits per heavy atom. The third kappa shape index (κ3) is 4.82. The Labute approximate surface area is 173 Å². The number of nitrogens with one attached hydrogen (secondary N) is 1. The van der Waals surface area contributed by atoms with Crippen LogP contribution in [0.25, 0.3) is 11.6 Å². The number of carbonyl (C=O) groups is 1. The minimum atomic E-state index is -0.527. The number of hydrogen-bond donors (Lipinski definition) is 1. The number of amides is 1. The fourth-order valence-corrected chi connectivity index (χ4v) is 2.86. The van der Waals surface area contributed by atoms with Gasteiger partial charge in [-0.25, -0.2) is 0 Å². The molecule has 0 spiro atoms. The van der Waals surface area contributed by atoms with E-state index in [1.807, 2.05) is 42.5 Å². The van der Waals surface area contributed by atoms with Crippen molar-refractivity contribution in [3.05, 3.63) is 94.0 Å². The van der Waals surface area contributed by atoms with Crippen LogP contribution >= 0.6 is 0 Å². The van der Waals surface area contributed by atoms with Crippen molar-refractivity contribution in [3.8, 4) is 11.5 Å². The van der Waals surface area contributed by atoms with Crippen molar-refractivity contribution in [2.24, 2.45) is 0 Å². The highest BCUT2D eigenvalue weighted by Crippen LogP contribution is 2.30. The number of ether oxygens (including phenoxy) is 2. The summed E-state index contributed by atoms with van der Waals surface area (Å²) in [6.07, 6.45) is 1.74. The highest BCUT2D eigenvalue weighted by Gasteiger charge is 2.17. The van der Waals surface area contributed by atoms with Crippen LogP contribution in [0.4, 0.5) is 11.4 Å². The molecule has 152 valence electrons. The van der Waals surface area contributed by atoms with Gasteiger partial charge in [0.1, 0.15) is 11.5 Å². The zero-order valence-electron chi connectivity index (χ0n) is 16.5. The molecule has 1 N–H and O–H groups in total. The Kier molecular flexibility index (Phi) is 6.44. The highest BCUT2D eigenvalue weighted by molar-refractivity contribution is 6.29. The minimum absolute atomic E-state index is 0.147. The van der Waals surface area contributed by atoms with Crippen LogP contribution in [0, 0.1) is 10.1 Å². The first-order valence-corrected chi connectivity index (χ1v) is 9.07. The first-order chi connectivity index (χ1) is 14.5. The summed E-state index contributed by atoms with van der Waals surface area (Å²) in [7, 11) is 3.02. The normalized spacial score (nSPS) is 10.9. The van der Waals surface area contributed by atoms with Crippen LogP contribution in [0.1, 0.15) is 11.1 Å². The summed E-state index contributed by atoms with van der Waals surface area (Å²) in [6, 6.07) is 20.5. The highest BCUT2D eigenvalue weighted by atomic mass is 16.6. The molecule has 0 fully saturated rings. The zero-order valence-corrected chi connectivity index (χ0v) is 16.5. The lowest BCUT2D eigenvalue weighted by Gasteiger charge is -2.13. The van der Waals surface area contributed by atoms with Gasteiger partial charge >= 0.3 is 0 Å². The number of nitro benzene ring substituents is 1. The summed E-state index contributed by atoms with van der Waals surface area (Å²) in [5, 5.41) is 13.9. The van der Waals surface area contributed by atoms with Gasteiger partial charge in [-0.15, -0.1) is 0 Å². The maximum atomic E-state index is 13.2. The molecule has 0 saturated carbocycles. The molecule has 7 heteroatoms. The second-order valence-corrected chi connectivity index (χ2v) is 6.29. The van der Waals surface area contributed by atoms with Gasteiger partial charge in [-0.2, -0.15) is 0 Å². The molecule has 0 heterocycles. The Bertz CT molecular complexity index is 1080. The Balaban J connectivity index is 2.00. The maximum absolute atomic E-state index is 13.2. The van der Waals surface area contributed by atoms with Gasteiger partial charge in [0.15, 0.2) is 0 Å². The van der Waals surface area contributed by atoms with Gasteiger partial charge in [-0.05, 0) is 35.4 Å². The maximum Gasteiger partial charge on any atom is 0.271 e. The van der Waals surface area contributed by atoms with Crippen LogP contribution in [0.2, 0.25) is 0 Å². The lowest BCUT2D eigenvalue weighted by atomic mass is 10.0. The summed E-state index contributed by atoms with van der Waals surface area (Å²) < 4.78 is 10.4. The van der Waals surface area contributed by atoms with E-state index in [1.54, 1.807) is 25.3 Å².